The lowest BCUT2D eigenvalue weighted by Crippen LogP contribution is -2.30. The molecule has 1 aliphatic rings. The molecule has 3 aromatic heterocycles. The Morgan fingerprint density at radius 1 is 1.28 bits per heavy atom. The van der Waals surface area contributed by atoms with Crippen molar-refractivity contribution < 1.29 is 0 Å². The highest BCUT2D eigenvalue weighted by molar-refractivity contribution is 5.71. The van der Waals surface area contributed by atoms with Crippen molar-refractivity contribution in [1.82, 2.24) is 28.8 Å². The van der Waals surface area contributed by atoms with E-state index in [1.54, 1.807) is 6.20 Å². The molecule has 4 rings (SSSR count). The minimum atomic E-state index is 0.0745. The first-order valence-electron chi connectivity index (χ1n) is 10.7. The molecule has 7 nitrogen and oxygen atoms in total. The van der Waals surface area contributed by atoms with Crippen LogP contribution in [0.25, 0.3) is 11.2 Å². The molecular formula is C22H32N6O. The lowest BCUT2D eigenvalue weighted by molar-refractivity contribution is 0.314. The summed E-state index contributed by atoms with van der Waals surface area (Å²) in [6, 6.07) is 4.09. The average molecular weight is 397 g/mol. The van der Waals surface area contributed by atoms with Crippen LogP contribution in [-0.4, -0.2) is 41.9 Å². The van der Waals surface area contributed by atoms with Crippen LogP contribution in [0.5, 0.6) is 0 Å². The van der Waals surface area contributed by atoms with Crippen LogP contribution < -0.4 is 5.69 Å². The second-order valence-corrected chi connectivity index (χ2v) is 8.65. The molecule has 0 unspecified atom stereocenters. The van der Waals surface area contributed by atoms with E-state index >= 15 is 0 Å². The lowest BCUT2D eigenvalue weighted by atomic mass is 10.2. The van der Waals surface area contributed by atoms with Gasteiger partial charge in [0.25, 0.3) is 0 Å². The van der Waals surface area contributed by atoms with Crippen LogP contribution in [0.4, 0.5) is 0 Å². The summed E-state index contributed by atoms with van der Waals surface area (Å²) < 4.78 is 5.91. The molecule has 29 heavy (non-hydrogen) atoms. The van der Waals surface area contributed by atoms with Crippen molar-refractivity contribution in [2.24, 2.45) is 5.92 Å². The van der Waals surface area contributed by atoms with Gasteiger partial charge in [0.15, 0.2) is 5.65 Å². The normalized spacial score (nSPS) is 17.8. The fraction of sp³-hybridized carbons (Fsp3) is 0.591. The molecule has 1 saturated heterocycles. The number of aryl methyl sites for hydroxylation is 2. The maximum Gasteiger partial charge on any atom is 0.330 e. The Kier molecular flexibility index (Phi) is 5.34. The average Bonchev–Trinajstić information content (AvgIpc) is 3.33. The maximum absolute atomic E-state index is 13.3. The number of nitrogens with zero attached hydrogens (tertiary/aromatic N) is 6. The smallest absolute Gasteiger partial charge is 0.297 e. The molecule has 0 bridgehead atoms. The van der Waals surface area contributed by atoms with Gasteiger partial charge in [-0.2, -0.15) is 5.10 Å². The van der Waals surface area contributed by atoms with Gasteiger partial charge in [-0.3, -0.25) is 18.7 Å². The Morgan fingerprint density at radius 2 is 2.07 bits per heavy atom. The van der Waals surface area contributed by atoms with Crippen LogP contribution in [-0.2, 0) is 19.6 Å². The van der Waals surface area contributed by atoms with E-state index in [1.165, 1.54) is 11.3 Å². The molecule has 0 amide bonds. The van der Waals surface area contributed by atoms with Crippen LogP contribution in [0.3, 0.4) is 0 Å². The zero-order valence-corrected chi connectivity index (χ0v) is 18.2. The minimum Gasteiger partial charge on any atom is -0.297 e. The summed E-state index contributed by atoms with van der Waals surface area (Å²) in [4.78, 5) is 20.3. The predicted octanol–water partition coefficient (Wildman–Crippen LogP) is 3.13. The van der Waals surface area contributed by atoms with E-state index in [4.69, 9.17) is 0 Å². The summed E-state index contributed by atoms with van der Waals surface area (Å²) >= 11 is 0. The summed E-state index contributed by atoms with van der Waals surface area (Å²) in [5.41, 5.74) is 5.52. The minimum absolute atomic E-state index is 0.0745. The van der Waals surface area contributed by atoms with Crippen molar-refractivity contribution >= 4 is 11.2 Å². The summed E-state index contributed by atoms with van der Waals surface area (Å²) in [6.45, 7) is 15.0. The molecule has 0 spiro atoms. The van der Waals surface area contributed by atoms with E-state index < -0.39 is 0 Å². The zero-order chi connectivity index (χ0) is 20.7. The molecule has 3 aromatic rings. The lowest BCUT2D eigenvalue weighted by Gasteiger charge is -2.17. The summed E-state index contributed by atoms with van der Waals surface area (Å²) in [5, 5.41) is 4.66. The molecular weight excluding hydrogens is 364 g/mol. The summed E-state index contributed by atoms with van der Waals surface area (Å²) in [7, 11) is 0. The van der Waals surface area contributed by atoms with E-state index in [0.717, 1.165) is 56.0 Å². The van der Waals surface area contributed by atoms with Gasteiger partial charge >= 0.3 is 5.69 Å². The fourth-order valence-corrected chi connectivity index (χ4v) is 4.64. The van der Waals surface area contributed by atoms with Crippen molar-refractivity contribution in [3.05, 3.63) is 45.8 Å². The van der Waals surface area contributed by atoms with Gasteiger partial charge in [-0.15, -0.1) is 0 Å². The molecule has 0 aliphatic carbocycles. The van der Waals surface area contributed by atoms with Crippen molar-refractivity contribution in [3.63, 3.8) is 0 Å². The van der Waals surface area contributed by atoms with Crippen LogP contribution in [0, 0.1) is 19.8 Å². The van der Waals surface area contributed by atoms with Gasteiger partial charge in [0.1, 0.15) is 0 Å². The molecule has 0 aromatic carbocycles. The number of hydrogen-bond donors (Lipinski definition) is 0. The molecule has 4 heterocycles. The Labute approximate surface area is 172 Å². The molecule has 0 radical (unpaired) electrons. The number of rotatable bonds is 6. The Balaban J connectivity index is 1.62. The van der Waals surface area contributed by atoms with Crippen LogP contribution in [0.2, 0.25) is 0 Å². The Bertz CT molecular complexity index is 1070. The molecule has 1 atom stereocenters. The first kappa shape index (κ1) is 19.9. The zero-order valence-electron chi connectivity index (χ0n) is 18.2. The summed E-state index contributed by atoms with van der Waals surface area (Å²) in [6.07, 6.45) is 2.76. The largest absolute Gasteiger partial charge is 0.330 e. The SMILES string of the molecule is CCn1nc(C)c(CN2CC[C@@H](n3c(=O)n(CC(C)C)c4cccnc43)C2)c1C. The predicted molar refractivity (Wildman–Crippen MR) is 115 cm³/mol. The van der Waals surface area contributed by atoms with E-state index in [0.29, 0.717) is 5.92 Å². The number of pyridine rings is 1. The third-order valence-corrected chi connectivity index (χ3v) is 6.10. The van der Waals surface area contributed by atoms with E-state index in [1.807, 2.05) is 21.3 Å². The molecule has 156 valence electrons. The van der Waals surface area contributed by atoms with Gasteiger partial charge in [-0.25, -0.2) is 9.78 Å². The summed E-state index contributed by atoms with van der Waals surface area (Å²) in [5.74, 6) is 0.410. The van der Waals surface area contributed by atoms with E-state index in [9.17, 15) is 4.79 Å². The van der Waals surface area contributed by atoms with Crippen LogP contribution in [0.15, 0.2) is 23.1 Å². The molecule has 0 N–H and O–H groups in total. The van der Waals surface area contributed by atoms with E-state index in [2.05, 4.69) is 54.3 Å². The van der Waals surface area contributed by atoms with Crippen molar-refractivity contribution in [2.75, 3.05) is 13.1 Å². The third kappa shape index (κ3) is 3.52. The van der Waals surface area contributed by atoms with Crippen LogP contribution in [0.1, 0.15) is 50.2 Å². The first-order valence-corrected chi connectivity index (χ1v) is 10.7. The number of likely N-dealkylation sites (tertiary alicyclic amines) is 1. The topological polar surface area (TPSA) is 60.9 Å². The van der Waals surface area contributed by atoms with Crippen LogP contribution >= 0.6 is 0 Å². The fourth-order valence-electron chi connectivity index (χ4n) is 4.64. The van der Waals surface area contributed by atoms with Crippen molar-refractivity contribution in [3.8, 4) is 0 Å². The number of aromatic nitrogens is 5. The van der Waals surface area contributed by atoms with Gasteiger partial charge in [0, 0.05) is 50.2 Å². The van der Waals surface area contributed by atoms with Gasteiger partial charge in [-0.05, 0) is 45.2 Å². The number of imidazole rings is 1. The highest BCUT2D eigenvalue weighted by Gasteiger charge is 2.29. The molecule has 1 aliphatic heterocycles. The number of hydrogen-bond acceptors (Lipinski definition) is 4. The molecule has 0 saturated carbocycles. The maximum atomic E-state index is 13.3. The second kappa shape index (κ2) is 7.78. The Morgan fingerprint density at radius 3 is 2.76 bits per heavy atom. The first-order chi connectivity index (χ1) is 13.9. The van der Waals surface area contributed by atoms with Gasteiger partial charge < -0.3 is 0 Å². The monoisotopic (exact) mass is 396 g/mol. The van der Waals surface area contributed by atoms with Gasteiger partial charge in [-0.1, -0.05) is 13.8 Å². The van der Waals surface area contributed by atoms with Crippen molar-refractivity contribution in [2.45, 2.75) is 66.7 Å². The van der Waals surface area contributed by atoms with E-state index in [-0.39, 0.29) is 11.7 Å². The van der Waals surface area contributed by atoms with Gasteiger partial charge in [0.2, 0.25) is 0 Å². The van der Waals surface area contributed by atoms with Crippen molar-refractivity contribution in [1.29, 1.82) is 0 Å². The Hall–Kier alpha value is -2.41. The third-order valence-electron chi connectivity index (χ3n) is 6.10. The highest BCUT2D eigenvalue weighted by Crippen LogP contribution is 2.27. The molecule has 7 heteroatoms. The number of fused-ring (bicyclic) bond motifs is 1. The standard InChI is InChI=1S/C22H32N6O/c1-6-27-17(5)19(16(4)24-27)14-25-11-9-18(13-25)28-21-20(8-7-10-23-21)26(22(28)29)12-15(2)3/h7-8,10,15,18H,6,9,11-14H2,1-5H3/t18-/m1/s1. The second-order valence-electron chi connectivity index (χ2n) is 8.65. The molecule has 1 fully saturated rings. The quantitative estimate of drug-likeness (QED) is 0.642. The van der Waals surface area contributed by atoms with Gasteiger partial charge in [0.05, 0.1) is 17.3 Å². The highest BCUT2D eigenvalue weighted by atomic mass is 16.1.